The van der Waals surface area contributed by atoms with E-state index < -0.39 is 5.41 Å². The Morgan fingerprint density at radius 2 is 1.93 bits per heavy atom. The molecule has 3 aromatic rings. The number of allylic oxidation sites excluding steroid dienone is 2. The molecule has 0 atom stereocenters. The molecule has 0 amide bonds. The number of hydrogen-bond acceptors (Lipinski definition) is 3. The van der Waals surface area contributed by atoms with Gasteiger partial charge in [0.25, 0.3) is 5.56 Å². The molecule has 5 rings (SSSR count). The maximum Gasteiger partial charge on any atom is 0.282 e. The van der Waals surface area contributed by atoms with Crippen molar-refractivity contribution in [1.29, 1.82) is 0 Å². The molecule has 2 heterocycles. The second-order valence-corrected chi connectivity index (χ2v) is 8.46. The molecule has 4 nitrogen and oxygen atoms in total. The summed E-state index contributed by atoms with van der Waals surface area (Å²) in [5, 5.41) is 0.861. The smallest absolute Gasteiger partial charge is 0.282 e. The van der Waals surface area contributed by atoms with Crippen LogP contribution in [-0.4, -0.2) is 15.3 Å². The first-order valence-corrected chi connectivity index (χ1v) is 9.86. The maximum absolute atomic E-state index is 12.7. The second-order valence-electron chi connectivity index (χ2n) is 8.06. The molecule has 140 valence electrons. The fraction of sp³-hybridized carbons (Fsp3) is 0.261. The molecule has 0 saturated carbocycles. The summed E-state index contributed by atoms with van der Waals surface area (Å²) < 4.78 is 2.04. The average Bonchev–Trinajstić information content (AvgIpc) is 2.89. The van der Waals surface area contributed by atoms with Crippen LogP contribution < -0.4 is 5.56 Å². The van der Waals surface area contributed by atoms with E-state index in [4.69, 9.17) is 11.6 Å². The van der Waals surface area contributed by atoms with E-state index in [0.29, 0.717) is 22.7 Å². The molecular weight excluding hydrogens is 372 g/mol. The van der Waals surface area contributed by atoms with Crippen molar-refractivity contribution in [3.63, 3.8) is 0 Å². The van der Waals surface area contributed by atoms with Gasteiger partial charge < -0.3 is 0 Å². The number of carbonyl (C=O) groups is 1. The van der Waals surface area contributed by atoms with E-state index in [1.807, 2.05) is 16.7 Å². The SMILES string of the molecule is CC1(C)c2cc(C3=CC(=O)CCC3)ccc2-n2c1nc(=O)c1c(Cl)cccc12. The Morgan fingerprint density at radius 3 is 2.71 bits per heavy atom. The van der Waals surface area contributed by atoms with Crippen LogP contribution in [0.1, 0.15) is 50.1 Å². The lowest BCUT2D eigenvalue weighted by Gasteiger charge is -2.20. The normalized spacial score (nSPS) is 17.4. The fourth-order valence-electron chi connectivity index (χ4n) is 4.46. The predicted molar refractivity (Wildman–Crippen MR) is 111 cm³/mol. The van der Waals surface area contributed by atoms with Crippen molar-refractivity contribution in [2.75, 3.05) is 0 Å². The summed E-state index contributed by atoms with van der Waals surface area (Å²) in [5.41, 5.74) is 4.30. The van der Waals surface area contributed by atoms with Crippen LogP contribution in [0.3, 0.4) is 0 Å². The summed E-state index contributed by atoms with van der Waals surface area (Å²) >= 11 is 6.31. The summed E-state index contributed by atoms with van der Waals surface area (Å²) in [4.78, 5) is 29.0. The molecule has 0 spiro atoms. The quantitative estimate of drug-likeness (QED) is 0.598. The molecule has 5 heteroatoms. The Bertz CT molecular complexity index is 1270. The van der Waals surface area contributed by atoms with E-state index in [2.05, 4.69) is 37.0 Å². The molecule has 0 saturated heterocycles. The lowest BCUT2D eigenvalue weighted by molar-refractivity contribution is -0.114. The molecule has 1 aromatic heterocycles. The van der Waals surface area contributed by atoms with Crippen molar-refractivity contribution >= 4 is 33.9 Å². The number of halogens is 1. The topological polar surface area (TPSA) is 52.0 Å². The number of fused-ring (bicyclic) bond motifs is 5. The fourth-order valence-corrected chi connectivity index (χ4v) is 4.71. The summed E-state index contributed by atoms with van der Waals surface area (Å²) in [7, 11) is 0. The molecule has 1 aliphatic heterocycles. The Morgan fingerprint density at radius 1 is 1.11 bits per heavy atom. The largest absolute Gasteiger partial charge is 0.296 e. The van der Waals surface area contributed by atoms with Crippen LogP contribution in [0.25, 0.3) is 22.2 Å². The highest BCUT2D eigenvalue weighted by molar-refractivity contribution is 6.35. The highest BCUT2D eigenvalue weighted by atomic mass is 35.5. The standard InChI is InChI=1S/C23H19ClN2O2/c1-23(2)16-12-14(13-5-3-6-15(27)11-13)9-10-18(16)26-19-8-4-7-17(24)20(19)21(28)25-22(23)26/h4,7-12H,3,5-6H2,1-2H3. The van der Waals surface area contributed by atoms with E-state index in [1.54, 1.807) is 12.1 Å². The Labute approximate surface area is 167 Å². The van der Waals surface area contributed by atoms with Crippen LogP contribution in [0.2, 0.25) is 5.02 Å². The third kappa shape index (κ3) is 2.34. The van der Waals surface area contributed by atoms with Gasteiger partial charge in [0.2, 0.25) is 0 Å². The van der Waals surface area contributed by atoms with Gasteiger partial charge in [0.05, 0.1) is 27.0 Å². The molecule has 0 N–H and O–H groups in total. The highest BCUT2D eigenvalue weighted by Gasteiger charge is 2.39. The third-order valence-corrected chi connectivity index (χ3v) is 6.23. The summed E-state index contributed by atoms with van der Waals surface area (Å²) in [6.45, 7) is 4.16. The first-order chi connectivity index (χ1) is 13.4. The number of hydrogen-bond donors (Lipinski definition) is 0. The number of benzene rings is 2. The van der Waals surface area contributed by atoms with Crippen LogP contribution in [0.4, 0.5) is 0 Å². The zero-order valence-electron chi connectivity index (χ0n) is 15.8. The monoisotopic (exact) mass is 390 g/mol. The second kappa shape index (κ2) is 5.89. The summed E-state index contributed by atoms with van der Waals surface area (Å²) in [6, 6.07) is 11.8. The molecule has 0 unspecified atom stereocenters. The van der Waals surface area contributed by atoms with Crippen molar-refractivity contribution in [3.05, 3.63) is 74.8 Å². The Balaban J connectivity index is 1.80. The van der Waals surface area contributed by atoms with Crippen LogP contribution in [0.15, 0.2) is 47.3 Å². The minimum Gasteiger partial charge on any atom is -0.296 e. The molecular formula is C23H19ClN2O2. The van der Waals surface area contributed by atoms with Gasteiger partial charge in [-0.1, -0.05) is 23.7 Å². The van der Waals surface area contributed by atoms with Crippen molar-refractivity contribution in [1.82, 2.24) is 9.55 Å². The predicted octanol–water partition coefficient (Wildman–Crippen LogP) is 4.81. The van der Waals surface area contributed by atoms with Gasteiger partial charge >= 0.3 is 0 Å². The molecule has 0 bridgehead atoms. The average molecular weight is 391 g/mol. The van der Waals surface area contributed by atoms with Gasteiger partial charge in [-0.3, -0.25) is 14.2 Å². The zero-order chi connectivity index (χ0) is 19.6. The van der Waals surface area contributed by atoms with Crippen LogP contribution in [-0.2, 0) is 10.2 Å². The van der Waals surface area contributed by atoms with Gasteiger partial charge in [0, 0.05) is 6.42 Å². The minimum absolute atomic E-state index is 0.192. The lowest BCUT2D eigenvalue weighted by atomic mass is 9.83. The van der Waals surface area contributed by atoms with E-state index in [9.17, 15) is 9.59 Å². The van der Waals surface area contributed by atoms with E-state index in [0.717, 1.165) is 40.7 Å². The van der Waals surface area contributed by atoms with Crippen LogP contribution in [0.5, 0.6) is 0 Å². The van der Waals surface area contributed by atoms with Crippen molar-refractivity contribution in [2.45, 2.75) is 38.5 Å². The number of rotatable bonds is 1. The van der Waals surface area contributed by atoms with Crippen molar-refractivity contribution < 1.29 is 4.79 Å². The van der Waals surface area contributed by atoms with E-state index >= 15 is 0 Å². The van der Waals surface area contributed by atoms with Gasteiger partial charge in [0.15, 0.2) is 5.78 Å². The first-order valence-electron chi connectivity index (χ1n) is 9.48. The van der Waals surface area contributed by atoms with Gasteiger partial charge in [-0.05, 0) is 73.7 Å². The highest BCUT2D eigenvalue weighted by Crippen LogP contribution is 2.44. The lowest BCUT2D eigenvalue weighted by Crippen LogP contribution is -2.24. The first kappa shape index (κ1) is 17.4. The maximum atomic E-state index is 12.7. The molecule has 2 aromatic carbocycles. The van der Waals surface area contributed by atoms with Gasteiger partial charge in [-0.25, -0.2) is 0 Å². The van der Waals surface area contributed by atoms with E-state index in [-0.39, 0.29) is 11.3 Å². The molecule has 0 fully saturated rings. The number of aromatic nitrogens is 2. The summed E-state index contributed by atoms with van der Waals surface area (Å²) in [5.74, 6) is 0.907. The summed E-state index contributed by atoms with van der Waals surface area (Å²) in [6.07, 6.45) is 4.21. The van der Waals surface area contributed by atoms with Gasteiger partial charge in [0.1, 0.15) is 5.82 Å². The zero-order valence-corrected chi connectivity index (χ0v) is 16.5. The minimum atomic E-state index is -0.430. The van der Waals surface area contributed by atoms with Gasteiger partial charge in [-0.2, -0.15) is 4.98 Å². The molecule has 0 radical (unpaired) electrons. The van der Waals surface area contributed by atoms with Crippen LogP contribution in [0, 0.1) is 0 Å². The van der Waals surface area contributed by atoms with Crippen molar-refractivity contribution in [3.8, 4) is 5.69 Å². The number of nitrogens with zero attached hydrogens (tertiary/aromatic N) is 2. The third-order valence-electron chi connectivity index (χ3n) is 5.91. The Kier molecular flexibility index (Phi) is 3.65. The molecule has 1 aliphatic carbocycles. The van der Waals surface area contributed by atoms with E-state index in [1.165, 1.54) is 0 Å². The van der Waals surface area contributed by atoms with Crippen molar-refractivity contribution in [2.24, 2.45) is 0 Å². The Hall–Kier alpha value is -2.72. The van der Waals surface area contributed by atoms with Crippen LogP contribution >= 0.6 is 11.6 Å². The number of carbonyl (C=O) groups excluding carboxylic acids is 1. The molecule has 2 aliphatic rings. The number of ketones is 1. The van der Waals surface area contributed by atoms with Gasteiger partial charge in [-0.15, -0.1) is 0 Å². The molecule has 28 heavy (non-hydrogen) atoms.